The van der Waals surface area contributed by atoms with Crippen molar-refractivity contribution < 1.29 is 0 Å². The first-order chi connectivity index (χ1) is 9.16. The number of aromatic amines is 1. The Labute approximate surface area is 121 Å². The molecule has 2 saturated heterocycles. The molecule has 0 radical (unpaired) electrons. The molecule has 0 saturated carbocycles. The lowest BCUT2D eigenvalue weighted by Crippen LogP contribution is -2.53. The van der Waals surface area contributed by atoms with Gasteiger partial charge < -0.3 is 14.8 Å². The van der Waals surface area contributed by atoms with Crippen LogP contribution in [0.25, 0.3) is 0 Å². The molecule has 0 bridgehead atoms. The van der Waals surface area contributed by atoms with Crippen molar-refractivity contribution in [2.75, 3.05) is 31.6 Å². The predicted octanol–water partition coefficient (Wildman–Crippen LogP) is 1.45. The first kappa shape index (κ1) is 13.1. The van der Waals surface area contributed by atoms with Crippen LogP contribution in [0, 0.1) is 5.92 Å². The van der Waals surface area contributed by atoms with Crippen LogP contribution < -0.4 is 10.5 Å². The third-order valence-corrected chi connectivity index (χ3v) is 5.14. The van der Waals surface area contributed by atoms with Gasteiger partial charge in [-0.1, -0.05) is 0 Å². The molecular formula is C13H19BrN4O. The van der Waals surface area contributed by atoms with E-state index in [0.29, 0.717) is 16.4 Å². The number of rotatable bonds is 1. The van der Waals surface area contributed by atoms with E-state index in [1.54, 1.807) is 0 Å². The molecule has 0 spiro atoms. The summed E-state index contributed by atoms with van der Waals surface area (Å²) in [5, 5.41) is 0. The molecule has 2 atom stereocenters. The number of fused-ring (bicyclic) bond motifs is 1. The van der Waals surface area contributed by atoms with Gasteiger partial charge >= 0.3 is 0 Å². The highest BCUT2D eigenvalue weighted by Crippen LogP contribution is 2.32. The number of hydrogen-bond donors (Lipinski definition) is 1. The molecule has 0 aliphatic carbocycles. The van der Waals surface area contributed by atoms with Crippen LogP contribution in [0.2, 0.25) is 0 Å². The zero-order chi connectivity index (χ0) is 13.4. The van der Waals surface area contributed by atoms with E-state index in [-0.39, 0.29) is 5.56 Å². The number of hydrogen-bond acceptors (Lipinski definition) is 4. The maximum Gasteiger partial charge on any atom is 0.267 e. The van der Waals surface area contributed by atoms with Gasteiger partial charge in [-0.15, -0.1) is 0 Å². The van der Waals surface area contributed by atoms with Gasteiger partial charge in [0.05, 0.1) is 6.33 Å². The van der Waals surface area contributed by atoms with Crippen molar-refractivity contribution in [1.82, 2.24) is 14.9 Å². The van der Waals surface area contributed by atoms with Gasteiger partial charge in [-0.2, -0.15) is 0 Å². The maximum absolute atomic E-state index is 11.6. The van der Waals surface area contributed by atoms with Gasteiger partial charge in [-0.3, -0.25) is 4.79 Å². The molecule has 104 valence electrons. The molecule has 5 nitrogen and oxygen atoms in total. The van der Waals surface area contributed by atoms with Gasteiger partial charge in [0.1, 0.15) is 10.3 Å². The fourth-order valence-electron chi connectivity index (χ4n) is 3.44. The van der Waals surface area contributed by atoms with Crippen molar-refractivity contribution in [3.63, 3.8) is 0 Å². The minimum atomic E-state index is -0.104. The standard InChI is InChI=1S/C13H19BrN4O/c1-17-5-2-3-9-7-18(6-4-10(9)17)12-11(14)13(19)16-8-15-12/h8-10H,2-7H2,1H3,(H,15,16,19). The Hall–Kier alpha value is -0.880. The summed E-state index contributed by atoms with van der Waals surface area (Å²) in [7, 11) is 2.23. The summed E-state index contributed by atoms with van der Waals surface area (Å²) in [5.41, 5.74) is -0.104. The molecule has 3 rings (SSSR count). The van der Waals surface area contributed by atoms with Crippen LogP contribution in [0.15, 0.2) is 15.6 Å². The summed E-state index contributed by atoms with van der Waals surface area (Å²) in [5.74, 6) is 1.48. The average molecular weight is 327 g/mol. The number of nitrogens with zero attached hydrogens (tertiary/aromatic N) is 3. The van der Waals surface area contributed by atoms with Gasteiger partial charge in [0.15, 0.2) is 0 Å². The molecule has 3 heterocycles. The first-order valence-corrected chi connectivity index (χ1v) is 7.64. The van der Waals surface area contributed by atoms with E-state index in [0.717, 1.165) is 25.3 Å². The number of H-pyrrole nitrogens is 1. The van der Waals surface area contributed by atoms with Crippen LogP contribution in [0.4, 0.5) is 5.82 Å². The van der Waals surface area contributed by atoms with Gasteiger partial charge in [-0.25, -0.2) is 4.98 Å². The lowest BCUT2D eigenvalue weighted by atomic mass is 9.84. The second kappa shape index (κ2) is 5.25. The molecule has 1 aromatic rings. The number of nitrogens with one attached hydrogen (secondary N) is 1. The van der Waals surface area contributed by atoms with E-state index < -0.39 is 0 Å². The predicted molar refractivity (Wildman–Crippen MR) is 78.5 cm³/mol. The summed E-state index contributed by atoms with van der Waals surface area (Å²) < 4.78 is 0.553. The highest BCUT2D eigenvalue weighted by Gasteiger charge is 2.35. The van der Waals surface area contributed by atoms with Crippen LogP contribution in [0.3, 0.4) is 0 Å². The number of likely N-dealkylation sites (tertiary alicyclic amines) is 1. The normalized spacial score (nSPS) is 28.2. The summed E-state index contributed by atoms with van der Waals surface area (Å²) in [6.45, 7) is 3.19. The van der Waals surface area contributed by atoms with E-state index in [1.165, 1.54) is 25.7 Å². The summed E-state index contributed by atoms with van der Waals surface area (Å²) in [6.07, 6.45) is 5.20. The Balaban J connectivity index is 1.81. The molecule has 19 heavy (non-hydrogen) atoms. The van der Waals surface area contributed by atoms with Gasteiger partial charge in [0.25, 0.3) is 5.56 Å². The molecule has 2 unspecified atom stereocenters. The first-order valence-electron chi connectivity index (χ1n) is 6.85. The molecule has 0 amide bonds. The monoisotopic (exact) mass is 326 g/mol. The van der Waals surface area contributed by atoms with Crippen molar-refractivity contribution in [3.05, 3.63) is 21.2 Å². The van der Waals surface area contributed by atoms with Crippen molar-refractivity contribution in [1.29, 1.82) is 0 Å². The maximum atomic E-state index is 11.6. The van der Waals surface area contributed by atoms with Crippen molar-refractivity contribution in [2.45, 2.75) is 25.3 Å². The Morgan fingerprint density at radius 1 is 1.42 bits per heavy atom. The Bertz CT molecular complexity index is 518. The molecule has 0 aromatic carbocycles. The zero-order valence-corrected chi connectivity index (χ0v) is 12.7. The smallest absolute Gasteiger partial charge is 0.267 e. The van der Waals surface area contributed by atoms with Gasteiger partial charge in [-0.05, 0) is 54.7 Å². The van der Waals surface area contributed by atoms with E-state index in [1.807, 2.05) is 0 Å². The summed E-state index contributed by atoms with van der Waals surface area (Å²) in [6, 6.07) is 0.700. The van der Waals surface area contributed by atoms with Crippen molar-refractivity contribution in [2.24, 2.45) is 5.92 Å². The van der Waals surface area contributed by atoms with E-state index in [9.17, 15) is 4.79 Å². The number of halogens is 1. The van der Waals surface area contributed by atoms with E-state index in [2.05, 4.69) is 42.7 Å². The molecule has 2 aliphatic heterocycles. The number of piperidine rings is 2. The lowest BCUT2D eigenvalue weighted by molar-refractivity contribution is 0.102. The largest absolute Gasteiger partial charge is 0.355 e. The zero-order valence-electron chi connectivity index (χ0n) is 11.1. The number of aromatic nitrogens is 2. The fourth-order valence-corrected chi connectivity index (χ4v) is 3.91. The minimum Gasteiger partial charge on any atom is -0.355 e. The quantitative estimate of drug-likeness (QED) is 0.848. The molecule has 2 fully saturated rings. The highest BCUT2D eigenvalue weighted by atomic mass is 79.9. The fraction of sp³-hybridized carbons (Fsp3) is 0.692. The summed E-state index contributed by atoms with van der Waals surface area (Å²) >= 11 is 3.36. The number of anilines is 1. The summed E-state index contributed by atoms with van der Waals surface area (Å²) in [4.78, 5) is 23.3. The van der Waals surface area contributed by atoms with Gasteiger partial charge in [0, 0.05) is 19.1 Å². The SMILES string of the molecule is CN1CCCC2CN(c3nc[nH]c(=O)c3Br)CCC21. The Morgan fingerprint density at radius 3 is 3.11 bits per heavy atom. The van der Waals surface area contributed by atoms with Crippen LogP contribution in [-0.4, -0.2) is 47.6 Å². The third kappa shape index (κ3) is 2.43. The topological polar surface area (TPSA) is 52.2 Å². The second-order valence-corrected chi connectivity index (χ2v) is 6.35. The van der Waals surface area contributed by atoms with Crippen LogP contribution >= 0.6 is 15.9 Å². The molecule has 1 aromatic heterocycles. The second-order valence-electron chi connectivity index (χ2n) is 5.55. The van der Waals surface area contributed by atoms with E-state index in [4.69, 9.17) is 0 Å². The van der Waals surface area contributed by atoms with E-state index >= 15 is 0 Å². The van der Waals surface area contributed by atoms with Crippen LogP contribution in [-0.2, 0) is 0 Å². The van der Waals surface area contributed by atoms with Gasteiger partial charge in [0.2, 0.25) is 0 Å². The average Bonchev–Trinajstić information content (AvgIpc) is 2.42. The Morgan fingerprint density at radius 2 is 2.26 bits per heavy atom. The Kier molecular flexibility index (Phi) is 3.62. The molecule has 1 N–H and O–H groups in total. The lowest BCUT2D eigenvalue weighted by Gasteiger charge is -2.46. The minimum absolute atomic E-state index is 0.104. The molecular weight excluding hydrogens is 308 g/mol. The molecule has 2 aliphatic rings. The van der Waals surface area contributed by atoms with Crippen molar-refractivity contribution >= 4 is 21.7 Å². The van der Waals surface area contributed by atoms with Crippen molar-refractivity contribution in [3.8, 4) is 0 Å². The highest BCUT2D eigenvalue weighted by molar-refractivity contribution is 9.10. The van der Waals surface area contributed by atoms with Crippen LogP contribution in [0.1, 0.15) is 19.3 Å². The van der Waals surface area contributed by atoms with Crippen LogP contribution in [0.5, 0.6) is 0 Å². The third-order valence-electron chi connectivity index (χ3n) is 4.42. The molecule has 6 heteroatoms.